The summed E-state index contributed by atoms with van der Waals surface area (Å²) >= 11 is 0.624. The van der Waals surface area contributed by atoms with Crippen LogP contribution in [0.25, 0.3) is 0 Å². The Balaban J connectivity index is 0.000000550. The van der Waals surface area contributed by atoms with E-state index in [0.29, 0.717) is 11.8 Å². The lowest BCUT2D eigenvalue weighted by Crippen LogP contribution is -2.60. The zero-order valence-electron chi connectivity index (χ0n) is 13.3. The summed E-state index contributed by atoms with van der Waals surface area (Å²) < 4.78 is 10.5. The highest BCUT2D eigenvalue weighted by Gasteiger charge is 2.68. The Morgan fingerprint density at radius 2 is 1.68 bits per heavy atom. The third-order valence-electron chi connectivity index (χ3n) is 3.78. The van der Waals surface area contributed by atoms with Gasteiger partial charge < -0.3 is 29.9 Å². The number of thioether (sulfide) groups is 1. The molecule has 11 heteroatoms. The molecule has 2 aliphatic rings. The Morgan fingerprint density at radius 3 is 2.08 bits per heavy atom. The Hall–Kier alpha value is -2.43. The van der Waals surface area contributed by atoms with Crippen LogP contribution in [0.2, 0.25) is 0 Å². The van der Waals surface area contributed by atoms with E-state index in [1.165, 1.54) is 6.92 Å². The van der Waals surface area contributed by atoms with Crippen molar-refractivity contribution in [3.8, 4) is 0 Å². The van der Waals surface area contributed by atoms with Crippen LogP contribution < -0.4 is 0 Å². The maximum atomic E-state index is 11.4. The van der Waals surface area contributed by atoms with Crippen LogP contribution in [-0.2, 0) is 28.7 Å². The Labute approximate surface area is 146 Å². The molecule has 140 valence electrons. The van der Waals surface area contributed by atoms with Gasteiger partial charge in [-0.15, -0.1) is 11.8 Å². The first-order valence-electron chi connectivity index (χ1n) is 7.13. The van der Waals surface area contributed by atoms with Crippen LogP contribution >= 0.6 is 11.8 Å². The van der Waals surface area contributed by atoms with E-state index >= 15 is 0 Å². The van der Waals surface area contributed by atoms with Crippen molar-refractivity contribution < 1.29 is 49.1 Å². The molecule has 2 aliphatic heterocycles. The van der Waals surface area contributed by atoms with E-state index in [2.05, 4.69) is 0 Å². The fraction of sp³-hybridized carbons (Fsp3) is 0.571. The number of carboxylic acids is 4. The van der Waals surface area contributed by atoms with Gasteiger partial charge >= 0.3 is 23.9 Å². The normalized spacial score (nSPS) is 30.6. The summed E-state index contributed by atoms with van der Waals surface area (Å²) in [5.74, 6) is -5.90. The molecule has 25 heavy (non-hydrogen) atoms. The second-order valence-corrected chi connectivity index (χ2v) is 6.47. The second kappa shape index (κ2) is 8.10. The van der Waals surface area contributed by atoms with Gasteiger partial charge in [0.05, 0.1) is 5.92 Å². The summed E-state index contributed by atoms with van der Waals surface area (Å²) in [5, 5.41) is 32.8. The molecular formula is C14H18O10S. The average molecular weight is 378 g/mol. The molecule has 1 fully saturated rings. The van der Waals surface area contributed by atoms with E-state index in [4.69, 9.17) is 19.7 Å². The minimum Gasteiger partial charge on any atom is -0.489 e. The second-order valence-electron chi connectivity index (χ2n) is 5.22. The van der Waals surface area contributed by atoms with Gasteiger partial charge in [-0.2, -0.15) is 0 Å². The number of carbonyl (C=O) groups is 4. The summed E-state index contributed by atoms with van der Waals surface area (Å²) in [5.41, 5.74) is -1.76. The van der Waals surface area contributed by atoms with Crippen molar-refractivity contribution in [3.05, 3.63) is 12.5 Å². The van der Waals surface area contributed by atoms with Crippen LogP contribution in [0.5, 0.6) is 0 Å². The fourth-order valence-corrected chi connectivity index (χ4v) is 4.04. The molecule has 0 aromatic carbocycles. The standard InChI is InChI=1S/C11H12O8S.C3H6O2/c1-4(8(12)13)11-6(18-2-3-19-11)5(9(14)15)20-7(11)10(16)17;1-2-3(4)5/h2-7H,1H3,(H,12,13)(H,14,15)(H,16,17);2H2,1H3,(H,4,5). The molecule has 5 atom stereocenters. The molecule has 2 rings (SSSR count). The molecule has 1 saturated heterocycles. The molecule has 0 spiro atoms. The van der Waals surface area contributed by atoms with E-state index in [0.717, 1.165) is 12.5 Å². The molecule has 4 N–H and O–H groups in total. The lowest BCUT2D eigenvalue weighted by atomic mass is 9.79. The summed E-state index contributed by atoms with van der Waals surface area (Å²) in [6.07, 6.45) is 1.18. The highest BCUT2D eigenvalue weighted by molar-refractivity contribution is 8.02. The monoisotopic (exact) mass is 378 g/mol. The Morgan fingerprint density at radius 1 is 1.12 bits per heavy atom. The van der Waals surface area contributed by atoms with E-state index < -0.39 is 52.0 Å². The largest absolute Gasteiger partial charge is 0.489 e. The number of carboxylic acid groups (broad SMARTS) is 4. The number of ether oxygens (including phenoxy) is 2. The minimum atomic E-state index is -1.76. The van der Waals surface area contributed by atoms with E-state index in [9.17, 15) is 29.4 Å². The fourth-order valence-electron chi connectivity index (χ4n) is 2.49. The third kappa shape index (κ3) is 3.98. The Kier molecular flexibility index (Phi) is 6.68. The lowest BCUT2D eigenvalue weighted by molar-refractivity contribution is -0.178. The predicted molar refractivity (Wildman–Crippen MR) is 83.0 cm³/mol. The molecule has 0 amide bonds. The highest BCUT2D eigenvalue weighted by Crippen LogP contribution is 2.51. The first kappa shape index (κ1) is 20.6. The molecule has 0 saturated carbocycles. The maximum Gasteiger partial charge on any atom is 0.320 e. The summed E-state index contributed by atoms with van der Waals surface area (Å²) in [7, 11) is 0. The van der Waals surface area contributed by atoms with Crippen LogP contribution in [0.4, 0.5) is 0 Å². The third-order valence-corrected chi connectivity index (χ3v) is 5.37. The quantitative estimate of drug-likeness (QED) is 0.524. The lowest BCUT2D eigenvalue weighted by Gasteiger charge is -2.41. The zero-order chi connectivity index (χ0) is 19.4. The number of hydrogen-bond donors (Lipinski definition) is 4. The maximum absolute atomic E-state index is 11.4. The zero-order valence-corrected chi connectivity index (χ0v) is 14.1. The predicted octanol–water partition coefficient (Wildman–Crippen LogP) is 0.467. The number of aliphatic carboxylic acids is 4. The highest BCUT2D eigenvalue weighted by atomic mass is 32.2. The van der Waals surface area contributed by atoms with Crippen LogP contribution in [0, 0.1) is 5.92 Å². The number of hydrogen-bond acceptors (Lipinski definition) is 7. The Bertz CT molecular complexity index is 588. The van der Waals surface area contributed by atoms with Gasteiger partial charge in [0.2, 0.25) is 0 Å². The first-order chi connectivity index (χ1) is 11.6. The van der Waals surface area contributed by atoms with Gasteiger partial charge in [-0.3, -0.25) is 19.2 Å². The van der Waals surface area contributed by atoms with E-state index in [1.54, 1.807) is 6.92 Å². The molecule has 0 aromatic heterocycles. The topological polar surface area (TPSA) is 168 Å². The molecule has 0 aliphatic carbocycles. The molecule has 0 aromatic rings. The van der Waals surface area contributed by atoms with Crippen molar-refractivity contribution in [3.63, 3.8) is 0 Å². The van der Waals surface area contributed by atoms with Gasteiger partial charge in [-0.25, -0.2) is 0 Å². The van der Waals surface area contributed by atoms with Gasteiger partial charge in [0.1, 0.15) is 23.0 Å². The van der Waals surface area contributed by atoms with Crippen LogP contribution in [-0.4, -0.2) is 66.5 Å². The van der Waals surface area contributed by atoms with E-state index in [1.807, 2.05) is 0 Å². The molecule has 0 bridgehead atoms. The van der Waals surface area contributed by atoms with E-state index in [-0.39, 0.29) is 6.42 Å². The summed E-state index contributed by atoms with van der Waals surface area (Å²) in [6.45, 7) is 2.88. The average Bonchev–Trinajstić information content (AvgIpc) is 2.91. The number of rotatable bonds is 5. The van der Waals surface area contributed by atoms with Crippen molar-refractivity contribution in [2.45, 2.75) is 42.5 Å². The summed E-state index contributed by atoms with van der Waals surface area (Å²) in [4.78, 5) is 43.3. The number of fused-ring (bicyclic) bond motifs is 1. The van der Waals surface area contributed by atoms with Crippen molar-refractivity contribution in [1.29, 1.82) is 0 Å². The van der Waals surface area contributed by atoms with Crippen molar-refractivity contribution in [2.24, 2.45) is 5.92 Å². The molecule has 0 radical (unpaired) electrons. The van der Waals surface area contributed by atoms with Gasteiger partial charge in [0, 0.05) is 6.42 Å². The smallest absolute Gasteiger partial charge is 0.320 e. The minimum absolute atomic E-state index is 0.222. The molecule has 5 unspecified atom stereocenters. The van der Waals surface area contributed by atoms with Gasteiger partial charge in [0.25, 0.3) is 0 Å². The summed E-state index contributed by atoms with van der Waals surface area (Å²) in [6, 6.07) is 0. The van der Waals surface area contributed by atoms with Crippen LogP contribution in [0.3, 0.4) is 0 Å². The molecule has 2 heterocycles. The van der Waals surface area contributed by atoms with Gasteiger partial charge in [-0.05, 0) is 6.92 Å². The van der Waals surface area contributed by atoms with Crippen molar-refractivity contribution in [2.75, 3.05) is 0 Å². The van der Waals surface area contributed by atoms with Crippen LogP contribution in [0.15, 0.2) is 12.5 Å². The van der Waals surface area contributed by atoms with Crippen molar-refractivity contribution in [1.82, 2.24) is 0 Å². The first-order valence-corrected chi connectivity index (χ1v) is 8.07. The van der Waals surface area contributed by atoms with Crippen LogP contribution in [0.1, 0.15) is 20.3 Å². The molecule has 10 nitrogen and oxygen atoms in total. The SMILES string of the molecule is CC(C(=O)O)C12OC=COC1C(C(=O)O)SC2C(=O)O.CCC(=O)O. The van der Waals surface area contributed by atoms with Crippen molar-refractivity contribution >= 4 is 35.6 Å². The van der Waals surface area contributed by atoms with Gasteiger partial charge in [0.15, 0.2) is 11.7 Å². The molecular weight excluding hydrogens is 360 g/mol. The van der Waals surface area contributed by atoms with Gasteiger partial charge in [-0.1, -0.05) is 6.92 Å².